The minimum Gasteiger partial charge on any atom is -0.369 e. The van der Waals surface area contributed by atoms with Crippen molar-refractivity contribution in [1.29, 1.82) is 0 Å². The molecule has 1 fully saturated rings. The van der Waals surface area contributed by atoms with Crippen molar-refractivity contribution in [2.75, 3.05) is 5.73 Å². The van der Waals surface area contributed by atoms with E-state index in [0.717, 1.165) is 5.92 Å². The van der Waals surface area contributed by atoms with Gasteiger partial charge in [0, 0.05) is 18.4 Å². The number of nitrogen functional groups attached to an aromatic ring is 1. The lowest BCUT2D eigenvalue weighted by atomic mass is 9.80. The van der Waals surface area contributed by atoms with Crippen molar-refractivity contribution in [2.45, 2.75) is 32.2 Å². The number of nitrogens with two attached hydrogens (primary N) is 1. The molecule has 0 spiro atoms. The lowest BCUT2D eigenvalue weighted by molar-refractivity contribution is 0.224. The molecule has 1 aliphatic rings. The van der Waals surface area contributed by atoms with Gasteiger partial charge in [-0.25, -0.2) is 4.98 Å². The van der Waals surface area contributed by atoms with Crippen LogP contribution in [-0.4, -0.2) is 9.55 Å². The molecular weight excluding hydrogens is 150 g/mol. The van der Waals surface area contributed by atoms with Gasteiger partial charge in [-0.15, -0.1) is 0 Å². The van der Waals surface area contributed by atoms with Crippen LogP contribution in [0.3, 0.4) is 0 Å². The standard InChI is InChI=1S/C9H15N3/c1-7(8-3-2-4-8)12-6-5-11-9(12)10/h5-8H,2-4H2,1H3,(H2,10,11). The minimum atomic E-state index is 0.529. The summed E-state index contributed by atoms with van der Waals surface area (Å²) < 4.78 is 2.07. The lowest BCUT2D eigenvalue weighted by Crippen LogP contribution is -2.23. The smallest absolute Gasteiger partial charge is 0.200 e. The van der Waals surface area contributed by atoms with E-state index in [1.165, 1.54) is 19.3 Å². The van der Waals surface area contributed by atoms with Crippen LogP contribution in [0.4, 0.5) is 5.95 Å². The summed E-state index contributed by atoms with van der Waals surface area (Å²) in [5.74, 6) is 1.47. The van der Waals surface area contributed by atoms with Gasteiger partial charge in [0.05, 0.1) is 0 Å². The maximum atomic E-state index is 5.71. The molecule has 3 heteroatoms. The summed E-state index contributed by atoms with van der Waals surface area (Å²) >= 11 is 0. The van der Waals surface area contributed by atoms with E-state index >= 15 is 0 Å². The number of rotatable bonds is 2. The molecule has 1 aromatic rings. The topological polar surface area (TPSA) is 43.8 Å². The van der Waals surface area contributed by atoms with Crippen molar-refractivity contribution in [2.24, 2.45) is 5.92 Å². The Morgan fingerprint density at radius 2 is 2.42 bits per heavy atom. The SMILES string of the molecule is CC(C1CCC1)n1ccnc1N. The zero-order valence-corrected chi connectivity index (χ0v) is 7.40. The lowest BCUT2D eigenvalue weighted by Gasteiger charge is -2.32. The monoisotopic (exact) mass is 165 g/mol. The second-order valence-electron chi connectivity index (χ2n) is 3.62. The van der Waals surface area contributed by atoms with Gasteiger partial charge in [0.15, 0.2) is 5.95 Å². The molecule has 3 nitrogen and oxygen atoms in total. The first-order valence-electron chi connectivity index (χ1n) is 4.57. The third-order valence-electron chi connectivity index (χ3n) is 2.97. The summed E-state index contributed by atoms with van der Waals surface area (Å²) in [6.45, 7) is 2.22. The molecule has 2 N–H and O–H groups in total. The van der Waals surface area contributed by atoms with Crippen molar-refractivity contribution in [3.63, 3.8) is 0 Å². The van der Waals surface area contributed by atoms with Crippen molar-refractivity contribution in [3.8, 4) is 0 Å². The molecule has 0 aromatic carbocycles. The molecule has 0 radical (unpaired) electrons. The van der Waals surface area contributed by atoms with E-state index < -0.39 is 0 Å². The van der Waals surface area contributed by atoms with Gasteiger partial charge in [-0.2, -0.15) is 0 Å². The Morgan fingerprint density at radius 3 is 2.83 bits per heavy atom. The molecule has 0 amide bonds. The number of aromatic nitrogens is 2. The fourth-order valence-corrected chi connectivity index (χ4v) is 1.82. The van der Waals surface area contributed by atoms with E-state index in [2.05, 4.69) is 16.5 Å². The summed E-state index contributed by atoms with van der Waals surface area (Å²) in [7, 11) is 0. The summed E-state index contributed by atoms with van der Waals surface area (Å²) in [6, 6.07) is 0.529. The van der Waals surface area contributed by atoms with Gasteiger partial charge in [0.1, 0.15) is 0 Å². The molecule has 1 heterocycles. The van der Waals surface area contributed by atoms with Crippen LogP contribution in [0.15, 0.2) is 12.4 Å². The molecule has 0 saturated heterocycles. The normalized spacial score (nSPS) is 20.4. The third kappa shape index (κ3) is 1.09. The molecule has 2 rings (SSSR count). The second kappa shape index (κ2) is 2.81. The quantitative estimate of drug-likeness (QED) is 0.726. The van der Waals surface area contributed by atoms with Crippen molar-refractivity contribution in [3.05, 3.63) is 12.4 Å². The number of hydrogen-bond acceptors (Lipinski definition) is 2. The molecule has 1 aromatic heterocycles. The van der Waals surface area contributed by atoms with Crippen molar-refractivity contribution in [1.82, 2.24) is 9.55 Å². The highest BCUT2D eigenvalue weighted by Gasteiger charge is 2.25. The maximum Gasteiger partial charge on any atom is 0.200 e. The molecule has 1 aliphatic carbocycles. The van der Waals surface area contributed by atoms with E-state index in [9.17, 15) is 0 Å². The van der Waals surface area contributed by atoms with E-state index in [1.807, 2.05) is 6.20 Å². The summed E-state index contributed by atoms with van der Waals surface area (Å²) in [5, 5.41) is 0. The summed E-state index contributed by atoms with van der Waals surface area (Å²) in [4.78, 5) is 4.02. The number of imidazole rings is 1. The molecule has 0 bridgehead atoms. The number of hydrogen-bond donors (Lipinski definition) is 1. The van der Waals surface area contributed by atoms with Crippen LogP contribution in [-0.2, 0) is 0 Å². The Kier molecular flexibility index (Phi) is 1.79. The van der Waals surface area contributed by atoms with Gasteiger partial charge in [-0.1, -0.05) is 6.42 Å². The Bertz CT molecular complexity index is 262. The van der Waals surface area contributed by atoms with Gasteiger partial charge in [0.25, 0.3) is 0 Å². The molecular formula is C9H15N3. The van der Waals surface area contributed by atoms with Crippen LogP contribution in [0.2, 0.25) is 0 Å². The maximum absolute atomic E-state index is 5.71. The molecule has 12 heavy (non-hydrogen) atoms. The van der Waals surface area contributed by atoms with E-state index in [0.29, 0.717) is 12.0 Å². The van der Waals surface area contributed by atoms with Gasteiger partial charge >= 0.3 is 0 Å². The number of anilines is 1. The molecule has 0 aliphatic heterocycles. The van der Waals surface area contributed by atoms with Gasteiger partial charge in [-0.05, 0) is 25.7 Å². The summed E-state index contributed by atoms with van der Waals surface area (Å²) in [6.07, 6.45) is 7.81. The molecule has 1 atom stereocenters. The van der Waals surface area contributed by atoms with Crippen LogP contribution in [0.5, 0.6) is 0 Å². The summed E-state index contributed by atoms with van der Waals surface area (Å²) in [5.41, 5.74) is 5.71. The van der Waals surface area contributed by atoms with Crippen LogP contribution in [0.1, 0.15) is 32.2 Å². The first kappa shape index (κ1) is 7.65. The average molecular weight is 165 g/mol. The van der Waals surface area contributed by atoms with E-state index in [-0.39, 0.29) is 0 Å². The zero-order chi connectivity index (χ0) is 8.55. The predicted molar refractivity (Wildman–Crippen MR) is 48.7 cm³/mol. The Morgan fingerprint density at radius 1 is 1.67 bits per heavy atom. The van der Waals surface area contributed by atoms with Crippen molar-refractivity contribution < 1.29 is 0 Å². The van der Waals surface area contributed by atoms with E-state index in [4.69, 9.17) is 5.73 Å². The zero-order valence-electron chi connectivity index (χ0n) is 7.40. The van der Waals surface area contributed by atoms with Crippen LogP contribution in [0.25, 0.3) is 0 Å². The fraction of sp³-hybridized carbons (Fsp3) is 0.667. The highest BCUT2D eigenvalue weighted by atomic mass is 15.2. The second-order valence-corrected chi connectivity index (χ2v) is 3.62. The molecule has 1 unspecified atom stereocenters. The minimum absolute atomic E-state index is 0.529. The first-order chi connectivity index (χ1) is 5.79. The molecule has 1 saturated carbocycles. The van der Waals surface area contributed by atoms with Crippen LogP contribution < -0.4 is 5.73 Å². The largest absolute Gasteiger partial charge is 0.369 e. The van der Waals surface area contributed by atoms with Crippen molar-refractivity contribution >= 4 is 5.95 Å². The average Bonchev–Trinajstić information content (AvgIpc) is 2.31. The fourth-order valence-electron chi connectivity index (χ4n) is 1.82. The molecule has 66 valence electrons. The Balaban J connectivity index is 2.13. The Hall–Kier alpha value is -0.990. The van der Waals surface area contributed by atoms with Crippen LogP contribution >= 0.6 is 0 Å². The van der Waals surface area contributed by atoms with Crippen LogP contribution in [0, 0.1) is 5.92 Å². The predicted octanol–water partition coefficient (Wildman–Crippen LogP) is 1.83. The Labute approximate surface area is 72.6 Å². The third-order valence-corrected chi connectivity index (χ3v) is 2.97. The highest BCUT2D eigenvalue weighted by Crippen LogP contribution is 2.36. The van der Waals surface area contributed by atoms with Gasteiger partial charge in [0.2, 0.25) is 0 Å². The number of nitrogens with zero attached hydrogens (tertiary/aromatic N) is 2. The van der Waals surface area contributed by atoms with E-state index in [1.54, 1.807) is 6.20 Å². The first-order valence-corrected chi connectivity index (χ1v) is 4.57. The van der Waals surface area contributed by atoms with Gasteiger partial charge in [-0.3, -0.25) is 0 Å². The van der Waals surface area contributed by atoms with Gasteiger partial charge < -0.3 is 10.3 Å². The highest BCUT2D eigenvalue weighted by molar-refractivity contribution is 5.18.